The van der Waals surface area contributed by atoms with Crippen LogP contribution in [0.3, 0.4) is 0 Å². The van der Waals surface area contributed by atoms with Crippen molar-refractivity contribution in [3.8, 4) is 39.5 Å². The molecule has 0 fully saturated rings. The molecule has 0 bridgehead atoms. The lowest BCUT2D eigenvalue weighted by Gasteiger charge is -2.17. The van der Waals surface area contributed by atoms with Crippen LogP contribution in [0.1, 0.15) is 19.8 Å². The number of benzene rings is 3. The summed E-state index contributed by atoms with van der Waals surface area (Å²) in [4.78, 5) is 0. The van der Waals surface area contributed by atoms with Gasteiger partial charge in [0.15, 0.2) is 0 Å². The fourth-order valence-corrected chi connectivity index (χ4v) is 3.30. The lowest BCUT2D eigenvalue weighted by Crippen LogP contribution is -2.68. The quantitative estimate of drug-likeness (QED) is 0.297. The van der Waals surface area contributed by atoms with Crippen LogP contribution in [-0.4, -0.2) is 6.61 Å². The summed E-state index contributed by atoms with van der Waals surface area (Å²) in [5.41, 5.74) is 4.27. The summed E-state index contributed by atoms with van der Waals surface area (Å²) in [6.07, 6.45) is 2.16. The van der Waals surface area contributed by atoms with Gasteiger partial charge in [0.2, 0.25) is 0 Å². The zero-order valence-corrected chi connectivity index (χ0v) is 19.4. The number of ether oxygens (including phenoxy) is 1. The number of hydrogen-bond acceptors (Lipinski definition) is 5. The highest BCUT2D eigenvalue weighted by atomic mass is 35.7. The molecule has 0 unspecified atom stereocenters. The summed E-state index contributed by atoms with van der Waals surface area (Å²) in [5, 5.41) is 0. The Kier molecular flexibility index (Phi) is 9.16. The standard InChI is InChI=1S/C27H25O2.ClHO4/c1-2-3-18-28-25-17-11-10-16-24(25)23-19-26(21-12-6-4-7-13-21)29-27(20-23)22-14-8-5-9-15-22;2-1(3,4)5/h4-17,19-20H,2-3,18H2,1H3;(H,2,3,4,5)/q+1;/p-1. The molecule has 0 aliphatic carbocycles. The van der Waals surface area contributed by atoms with Gasteiger partial charge < -0.3 is 4.74 Å². The third-order valence-corrected chi connectivity index (χ3v) is 4.86. The maximum atomic E-state index is 8.49. The van der Waals surface area contributed by atoms with E-state index in [0.717, 1.165) is 59.0 Å². The Morgan fingerprint density at radius 3 is 1.65 bits per heavy atom. The zero-order chi connectivity index (χ0) is 24.4. The maximum absolute atomic E-state index is 8.49. The van der Waals surface area contributed by atoms with Gasteiger partial charge in [0, 0.05) is 11.1 Å². The van der Waals surface area contributed by atoms with Gasteiger partial charge in [-0.15, -0.1) is 10.2 Å². The van der Waals surface area contributed by atoms with Gasteiger partial charge in [-0.25, -0.2) is 23.1 Å². The minimum atomic E-state index is -4.94. The van der Waals surface area contributed by atoms with Crippen molar-refractivity contribution < 1.29 is 38.0 Å². The van der Waals surface area contributed by atoms with Crippen LogP contribution in [0.25, 0.3) is 33.8 Å². The molecule has 4 rings (SSSR count). The average molecular weight is 481 g/mol. The van der Waals surface area contributed by atoms with Crippen molar-refractivity contribution in [3.63, 3.8) is 0 Å². The first-order valence-electron chi connectivity index (χ1n) is 10.8. The van der Waals surface area contributed by atoms with E-state index in [9.17, 15) is 0 Å². The smallest absolute Gasteiger partial charge is 0.361 e. The van der Waals surface area contributed by atoms with E-state index in [2.05, 4.69) is 55.5 Å². The molecule has 0 N–H and O–H groups in total. The van der Waals surface area contributed by atoms with Crippen LogP contribution in [0.15, 0.2) is 101 Å². The number of rotatable bonds is 7. The monoisotopic (exact) mass is 480 g/mol. The van der Waals surface area contributed by atoms with Crippen molar-refractivity contribution in [2.24, 2.45) is 0 Å². The van der Waals surface area contributed by atoms with Gasteiger partial charge in [-0.1, -0.05) is 67.9 Å². The molecule has 1 heterocycles. The molecule has 0 aliphatic rings. The molecule has 0 radical (unpaired) electrons. The Labute approximate surface area is 201 Å². The highest BCUT2D eigenvalue weighted by molar-refractivity contribution is 5.77. The summed E-state index contributed by atoms with van der Waals surface area (Å²) >= 11 is 0. The van der Waals surface area contributed by atoms with Crippen LogP contribution in [-0.2, 0) is 0 Å². The van der Waals surface area contributed by atoms with E-state index in [1.165, 1.54) is 0 Å². The fraction of sp³-hybridized carbons (Fsp3) is 0.148. The molecule has 0 saturated heterocycles. The third kappa shape index (κ3) is 7.95. The SMILES string of the molecule is CCCCOc1ccccc1-c1cc(-c2ccccc2)[o+]c(-c2ccccc2)c1.[O-][Cl+3]([O-])([O-])[O-]. The molecule has 3 aromatic carbocycles. The molecule has 0 amide bonds. The first kappa shape index (κ1) is 25.4. The van der Waals surface area contributed by atoms with Crippen LogP contribution >= 0.6 is 0 Å². The molecular weight excluding hydrogens is 456 g/mol. The average Bonchev–Trinajstić information content (AvgIpc) is 2.84. The molecule has 7 heteroatoms. The van der Waals surface area contributed by atoms with Gasteiger partial charge in [0.05, 0.1) is 29.9 Å². The van der Waals surface area contributed by atoms with Crippen molar-refractivity contribution in [2.45, 2.75) is 19.8 Å². The van der Waals surface area contributed by atoms with Gasteiger partial charge in [-0.05, 0) is 36.8 Å². The zero-order valence-electron chi connectivity index (χ0n) is 18.7. The Bertz CT molecular complexity index is 1100. The molecule has 34 heavy (non-hydrogen) atoms. The van der Waals surface area contributed by atoms with Crippen LogP contribution in [0.4, 0.5) is 0 Å². The van der Waals surface area contributed by atoms with Crippen molar-refractivity contribution >= 4 is 0 Å². The van der Waals surface area contributed by atoms with Gasteiger partial charge in [0.1, 0.15) is 5.75 Å². The van der Waals surface area contributed by atoms with E-state index in [0.29, 0.717) is 0 Å². The Hall–Kier alpha value is -3.26. The van der Waals surface area contributed by atoms with Crippen LogP contribution in [0, 0.1) is 10.2 Å². The minimum absolute atomic E-state index is 0.724. The Balaban J connectivity index is 0.000000588. The van der Waals surface area contributed by atoms with Crippen molar-refractivity contribution in [1.82, 2.24) is 0 Å². The second-order valence-corrected chi connectivity index (χ2v) is 8.14. The molecule has 1 aromatic heterocycles. The number of halogens is 1. The summed E-state index contributed by atoms with van der Waals surface area (Å²) in [5.74, 6) is 2.58. The Morgan fingerprint density at radius 2 is 1.15 bits per heavy atom. The molecule has 0 saturated carbocycles. The van der Waals surface area contributed by atoms with E-state index in [4.69, 9.17) is 27.8 Å². The second kappa shape index (κ2) is 12.3. The number of para-hydroxylation sites is 1. The summed E-state index contributed by atoms with van der Waals surface area (Å²) in [6, 6.07) is 32.9. The van der Waals surface area contributed by atoms with E-state index in [1.807, 2.05) is 48.5 Å². The van der Waals surface area contributed by atoms with E-state index in [1.54, 1.807) is 0 Å². The maximum Gasteiger partial charge on any atom is 0.361 e. The molecule has 6 nitrogen and oxygen atoms in total. The predicted octanol–water partition coefficient (Wildman–Crippen LogP) is 2.98. The molecule has 176 valence electrons. The van der Waals surface area contributed by atoms with Gasteiger partial charge >= 0.3 is 11.5 Å². The van der Waals surface area contributed by atoms with Crippen LogP contribution in [0.5, 0.6) is 5.75 Å². The molecule has 4 aromatic rings. The van der Waals surface area contributed by atoms with Crippen LogP contribution < -0.4 is 23.4 Å². The van der Waals surface area contributed by atoms with Crippen molar-refractivity contribution in [3.05, 3.63) is 97.1 Å². The second-order valence-electron chi connectivity index (χ2n) is 7.38. The number of hydrogen-bond donors (Lipinski definition) is 0. The normalized spacial score (nSPS) is 10.9. The van der Waals surface area contributed by atoms with Crippen LogP contribution in [0.2, 0.25) is 0 Å². The van der Waals surface area contributed by atoms with Gasteiger partial charge in [-0.3, -0.25) is 0 Å². The van der Waals surface area contributed by atoms with E-state index in [-0.39, 0.29) is 0 Å². The molecular formula is C27H25ClO6. The highest BCUT2D eigenvalue weighted by Crippen LogP contribution is 2.36. The van der Waals surface area contributed by atoms with Crippen molar-refractivity contribution in [1.29, 1.82) is 0 Å². The fourth-order valence-electron chi connectivity index (χ4n) is 3.30. The number of unbranched alkanes of at least 4 members (excludes halogenated alkanes) is 1. The first-order valence-corrected chi connectivity index (χ1v) is 12.0. The van der Waals surface area contributed by atoms with E-state index >= 15 is 0 Å². The summed E-state index contributed by atoms with van der Waals surface area (Å²) in [6.45, 7) is 2.90. The molecule has 0 spiro atoms. The van der Waals surface area contributed by atoms with E-state index < -0.39 is 10.2 Å². The highest BCUT2D eigenvalue weighted by Gasteiger charge is 2.21. The third-order valence-electron chi connectivity index (χ3n) is 4.86. The molecule has 0 aliphatic heterocycles. The summed E-state index contributed by atoms with van der Waals surface area (Å²) < 4.78 is 46.4. The molecule has 0 atom stereocenters. The Morgan fingerprint density at radius 1 is 0.676 bits per heavy atom. The van der Waals surface area contributed by atoms with Crippen molar-refractivity contribution in [2.75, 3.05) is 6.61 Å². The lowest BCUT2D eigenvalue weighted by molar-refractivity contribution is -2.00. The first-order chi connectivity index (χ1) is 16.3. The van der Waals surface area contributed by atoms with Gasteiger partial charge in [0.25, 0.3) is 0 Å². The topological polar surface area (TPSA) is 113 Å². The predicted molar refractivity (Wildman–Crippen MR) is 120 cm³/mol. The minimum Gasteiger partial charge on any atom is -0.493 e. The lowest BCUT2D eigenvalue weighted by atomic mass is 10.0. The largest absolute Gasteiger partial charge is 0.493 e. The van der Waals surface area contributed by atoms with Gasteiger partial charge in [-0.2, -0.15) is 0 Å². The summed E-state index contributed by atoms with van der Waals surface area (Å²) in [7, 11) is -4.94.